The first-order valence-electron chi connectivity index (χ1n) is 6.33. The van der Waals surface area contributed by atoms with Gasteiger partial charge in [0.15, 0.2) is 0 Å². The molecule has 1 N–H and O–H groups in total. The standard InChI is InChI=1S/C14H15NO3S2/c1-2-9-3-5-10(6-4-9)7-11-13(18)15(8-12(16)17)14(19)20-11/h3-6,11H,2,7-8H2,1H3,(H,16,17). The Kier molecular flexibility index (Phi) is 4.77. The second kappa shape index (κ2) is 6.37. The Hall–Kier alpha value is -1.40. The number of carboxylic acid groups (broad SMARTS) is 1. The molecular weight excluding hydrogens is 294 g/mol. The fourth-order valence-electron chi connectivity index (χ4n) is 2.03. The summed E-state index contributed by atoms with van der Waals surface area (Å²) < 4.78 is 0.354. The van der Waals surface area contributed by atoms with E-state index >= 15 is 0 Å². The molecule has 0 bridgehead atoms. The average Bonchev–Trinajstić information content (AvgIpc) is 2.67. The minimum absolute atomic E-state index is 0.207. The van der Waals surface area contributed by atoms with Crippen LogP contribution in [-0.4, -0.2) is 38.0 Å². The number of hydrogen-bond donors (Lipinski definition) is 1. The number of amides is 1. The fourth-order valence-corrected chi connectivity index (χ4v) is 3.56. The summed E-state index contributed by atoms with van der Waals surface area (Å²) in [6, 6.07) is 8.12. The maximum Gasteiger partial charge on any atom is 0.323 e. The van der Waals surface area contributed by atoms with Gasteiger partial charge in [-0.2, -0.15) is 0 Å². The third-order valence-electron chi connectivity index (χ3n) is 3.15. The average molecular weight is 309 g/mol. The van der Waals surface area contributed by atoms with Gasteiger partial charge in [-0.1, -0.05) is 55.2 Å². The number of hydrogen-bond acceptors (Lipinski definition) is 4. The Morgan fingerprint density at radius 3 is 2.50 bits per heavy atom. The molecule has 0 saturated carbocycles. The van der Waals surface area contributed by atoms with Gasteiger partial charge in [-0.05, 0) is 24.0 Å². The number of thioether (sulfide) groups is 1. The van der Waals surface area contributed by atoms with Crippen molar-refractivity contribution in [3.05, 3.63) is 35.4 Å². The predicted octanol–water partition coefficient (Wildman–Crippen LogP) is 2.10. The van der Waals surface area contributed by atoms with Gasteiger partial charge in [-0.15, -0.1) is 0 Å². The maximum atomic E-state index is 12.1. The topological polar surface area (TPSA) is 57.6 Å². The van der Waals surface area contributed by atoms with Crippen molar-refractivity contribution >= 4 is 40.2 Å². The van der Waals surface area contributed by atoms with Gasteiger partial charge in [0.05, 0.1) is 5.25 Å². The number of aliphatic carboxylic acids is 1. The lowest BCUT2D eigenvalue weighted by molar-refractivity contribution is -0.141. The van der Waals surface area contributed by atoms with Crippen molar-refractivity contribution in [3.8, 4) is 0 Å². The van der Waals surface area contributed by atoms with E-state index in [4.69, 9.17) is 17.3 Å². The number of carbonyl (C=O) groups excluding carboxylic acids is 1. The zero-order valence-corrected chi connectivity index (χ0v) is 12.7. The number of aryl methyl sites for hydroxylation is 1. The predicted molar refractivity (Wildman–Crippen MR) is 82.8 cm³/mol. The van der Waals surface area contributed by atoms with Gasteiger partial charge < -0.3 is 5.11 Å². The molecule has 2 rings (SSSR count). The molecule has 1 fully saturated rings. The highest BCUT2D eigenvalue weighted by Crippen LogP contribution is 2.29. The molecule has 1 aliphatic heterocycles. The Bertz CT molecular complexity index is 542. The molecular formula is C14H15NO3S2. The summed E-state index contributed by atoms with van der Waals surface area (Å²) in [6.45, 7) is 1.74. The van der Waals surface area contributed by atoms with Crippen LogP contribution in [0.2, 0.25) is 0 Å². The van der Waals surface area contributed by atoms with Crippen LogP contribution in [0, 0.1) is 0 Å². The SMILES string of the molecule is CCc1ccc(CC2SC(=S)N(CC(=O)O)C2=O)cc1. The fraction of sp³-hybridized carbons (Fsp3) is 0.357. The second-order valence-corrected chi connectivity index (χ2v) is 6.40. The van der Waals surface area contributed by atoms with Crippen LogP contribution in [0.25, 0.3) is 0 Å². The molecule has 0 aromatic heterocycles. The maximum absolute atomic E-state index is 12.1. The molecule has 1 atom stereocenters. The van der Waals surface area contributed by atoms with Crippen LogP contribution < -0.4 is 0 Å². The number of thiocarbonyl (C=S) groups is 1. The summed E-state index contributed by atoms with van der Waals surface area (Å²) in [5, 5.41) is 8.47. The van der Waals surface area contributed by atoms with Crippen molar-refractivity contribution in [1.29, 1.82) is 0 Å². The number of nitrogens with zero attached hydrogens (tertiary/aromatic N) is 1. The number of carbonyl (C=O) groups is 2. The van der Waals surface area contributed by atoms with Gasteiger partial charge >= 0.3 is 5.97 Å². The first-order chi connectivity index (χ1) is 9.51. The first-order valence-corrected chi connectivity index (χ1v) is 7.61. The zero-order chi connectivity index (χ0) is 14.7. The number of rotatable bonds is 5. The lowest BCUT2D eigenvalue weighted by Gasteiger charge is -2.12. The minimum Gasteiger partial charge on any atom is -0.480 e. The lowest BCUT2D eigenvalue weighted by atomic mass is 10.1. The molecule has 0 spiro atoms. The van der Waals surface area contributed by atoms with Crippen molar-refractivity contribution in [2.75, 3.05) is 6.54 Å². The van der Waals surface area contributed by atoms with Gasteiger partial charge in [0.2, 0.25) is 5.91 Å². The number of carboxylic acids is 1. The van der Waals surface area contributed by atoms with Gasteiger partial charge in [-0.25, -0.2) is 0 Å². The number of benzene rings is 1. The molecule has 1 amide bonds. The highest BCUT2D eigenvalue weighted by atomic mass is 32.2. The van der Waals surface area contributed by atoms with E-state index in [-0.39, 0.29) is 17.7 Å². The Labute approximate surface area is 127 Å². The van der Waals surface area contributed by atoms with E-state index in [0.29, 0.717) is 10.7 Å². The van der Waals surface area contributed by atoms with E-state index in [9.17, 15) is 9.59 Å². The summed E-state index contributed by atoms with van der Waals surface area (Å²) in [4.78, 5) is 24.0. The second-order valence-electron chi connectivity index (χ2n) is 4.56. The van der Waals surface area contributed by atoms with Crippen molar-refractivity contribution in [1.82, 2.24) is 4.90 Å². The Morgan fingerprint density at radius 1 is 1.35 bits per heavy atom. The molecule has 1 aromatic carbocycles. The van der Waals surface area contributed by atoms with Crippen LogP contribution in [0.15, 0.2) is 24.3 Å². The molecule has 6 heteroatoms. The Morgan fingerprint density at radius 2 is 1.95 bits per heavy atom. The van der Waals surface area contributed by atoms with Crippen LogP contribution in [0.5, 0.6) is 0 Å². The van der Waals surface area contributed by atoms with Crippen LogP contribution >= 0.6 is 24.0 Å². The third-order valence-corrected chi connectivity index (χ3v) is 4.73. The summed E-state index contributed by atoms with van der Waals surface area (Å²) in [5.41, 5.74) is 2.32. The molecule has 1 aromatic rings. The summed E-state index contributed by atoms with van der Waals surface area (Å²) >= 11 is 6.35. The van der Waals surface area contributed by atoms with E-state index in [1.165, 1.54) is 22.2 Å². The molecule has 1 heterocycles. The largest absolute Gasteiger partial charge is 0.480 e. The van der Waals surface area contributed by atoms with Crippen LogP contribution in [-0.2, 0) is 22.4 Å². The van der Waals surface area contributed by atoms with Gasteiger partial charge in [-0.3, -0.25) is 14.5 Å². The molecule has 0 aliphatic carbocycles. The summed E-state index contributed by atoms with van der Waals surface area (Å²) in [6.07, 6.45) is 1.55. The smallest absolute Gasteiger partial charge is 0.323 e. The highest BCUT2D eigenvalue weighted by molar-refractivity contribution is 8.24. The molecule has 1 unspecified atom stereocenters. The lowest BCUT2D eigenvalue weighted by Crippen LogP contribution is -2.36. The Balaban J connectivity index is 2.04. The molecule has 4 nitrogen and oxygen atoms in total. The zero-order valence-electron chi connectivity index (χ0n) is 11.0. The van der Waals surface area contributed by atoms with E-state index in [1.807, 2.05) is 24.3 Å². The third kappa shape index (κ3) is 3.37. The van der Waals surface area contributed by atoms with Crippen molar-refractivity contribution in [3.63, 3.8) is 0 Å². The quantitative estimate of drug-likeness (QED) is 0.844. The summed E-state index contributed by atoms with van der Waals surface area (Å²) in [5.74, 6) is -1.25. The van der Waals surface area contributed by atoms with Crippen molar-refractivity contribution in [2.24, 2.45) is 0 Å². The van der Waals surface area contributed by atoms with Crippen LogP contribution in [0.4, 0.5) is 0 Å². The molecule has 1 saturated heterocycles. The molecule has 0 radical (unpaired) electrons. The molecule has 20 heavy (non-hydrogen) atoms. The molecule has 106 valence electrons. The van der Waals surface area contributed by atoms with Gasteiger partial charge in [0.1, 0.15) is 10.9 Å². The van der Waals surface area contributed by atoms with Gasteiger partial charge in [0, 0.05) is 0 Å². The first kappa shape index (κ1) is 15.0. The van der Waals surface area contributed by atoms with Crippen molar-refractivity contribution in [2.45, 2.75) is 25.0 Å². The van der Waals surface area contributed by atoms with E-state index in [1.54, 1.807) is 0 Å². The van der Waals surface area contributed by atoms with E-state index < -0.39 is 5.97 Å². The summed E-state index contributed by atoms with van der Waals surface area (Å²) in [7, 11) is 0. The molecule has 1 aliphatic rings. The normalized spacial score (nSPS) is 18.6. The highest BCUT2D eigenvalue weighted by Gasteiger charge is 2.37. The van der Waals surface area contributed by atoms with Crippen LogP contribution in [0.1, 0.15) is 18.1 Å². The van der Waals surface area contributed by atoms with Crippen LogP contribution in [0.3, 0.4) is 0 Å². The van der Waals surface area contributed by atoms with Gasteiger partial charge in [0.25, 0.3) is 0 Å². The monoisotopic (exact) mass is 309 g/mol. The van der Waals surface area contributed by atoms with E-state index in [0.717, 1.165) is 12.0 Å². The van der Waals surface area contributed by atoms with Crippen molar-refractivity contribution < 1.29 is 14.7 Å². The minimum atomic E-state index is -1.05. The van der Waals surface area contributed by atoms with E-state index in [2.05, 4.69) is 6.92 Å².